The van der Waals surface area contributed by atoms with Gasteiger partial charge in [0.25, 0.3) is 0 Å². The van der Waals surface area contributed by atoms with Crippen molar-refractivity contribution in [2.45, 2.75) is 57.8 Å². The molecule has 0 saturated carbocycles. The van der Waals surface area contributed by atoms with E-state index in [2.05, 4.69) is 5.32 Å². The second kappa shape index (κ2) is 15.7. The third-order valence-corrected chi connectivity index (χ3v) is 6.68. The van der Waals surface area contributed by atoms with E-state index >= 15 is 0 Å². The minimum atomic E-state index is 0.229. The Kier molecular flexibility index (Phi) is 12.0. The molecule has 0 radical (unpaired) electrons. The minimum Gasteiger partial charge on any atom is -0.508 e. The summed E-state index contributed by atoms with van der Waals surface area (Å²) in [5.41, 5.74) is 10.9. The second-order valence-electron chi connectivity index (χ2n) is 9.61. The van der Waals surface area contributed by atoms with Gasteiger partial charge in [0.1, 0.15) is 17.2 Å². The van der Waals surface area contributed by atoms with Crippen molar-refractivity contribution < 1.29 is 15.3 Å². The molecule has 0 aliphatic carbocycles. The van der Waals surface area contributed by atoms with E-state index in [0.29, 0.717) is 6.54 Å². The summed E-state index contributed by atoms with van der Waals surface area (Å²) in [5.74, 6) is 0.702. The number of hydrogen-bond acceptors (Lipinski definition) is 5. The van der Waals surface area contributed by atoms with E-state index in [1.807, 2.05) is 36.4 Å². The van der Waals surface area contributed by atoms with Crippen LogP contribution in [-0.4, -0.2) is 35.0 Å². The smallest absolute Gasteiger partial charge is 0.115 e. The zero-order chi connectivity index (χ0) is 26.3. The molecule has 0 spiro atoms. The molecule has 3 aromatic carbocycles. The molecule has 0 aliphatic heterocycles. The maximum Gasteiger partial charge on any atom is 0.115 e. The first kappa shape index (κ1) is 28.3. The van der Waals surface area contributed by atoms with Gasteiger partial charge >= 0.3 is 0 Å². The van der Waals surface area contributed by atoms with Crippen molar-refractivity contribution in [2.75, 3.05) is 19.6 Å². The number of rotatable bonds is 16. The molecule has 0 bridgehead atoms. The molecule has 0 heterocycles. The highest BCUT2D eigenvalue weighted by molar-refractivity contribution is 5.98. The van der Waals surface area contributed by atoms with Crippen LogP contribution in [0.1, 0.15) is 74.5 Å². The molecule has 0 fully saturated rings. The van der Waals surface area contributed by atoms with Gasteiger partial charge in [-0.1, -0.05) is 74.9 Å². The molecule has 0 atom stereocenters. The Balaban J connectivity index is 1.70. The Labute approximate surface area is 221 Å². The standard InChI is InChI=1S/C32H42N2O3/c33-22-24-34-23-8-6-4-2-1-3-5-7-9-31(25-10-16-28(35)17-11-25)32(26-12-18-29(36)19-13-26)27-14-20-30(37)21-15-27/h10-21,34-37H,1-9,22-24,33H2. The zero-order valence-electron chi connectivity index (χ0n) is 21.8. The van der Waals surface area contributed by atoms with Crippen LogP contribution in [0, 0.1) is 0 Å². The van der Waals surface area contributed by atoms with E-state index in [0.717, 1.165) is 54.6 Å². The predicted molar refractivity (Wildman–Crippen MR) is 154 cm³/mol. The van der Waals surface area contributed by atoms with Gasteiger partial charge in [0, 0.05) is 13.1 Å². The molecule has 0 aromatic heterocycles. The topological polar surface area (TPSA) is 98.7 Å². The first-order chi connectivity index (χ1) is 18.1. The molecule has 6 N–H and O–H groups in total. The third kappa shape index (κ3) is 9.60. The summed E-state index contributed by atoms with van der Waals surface area (Å²) in [6.07, 6.45) is 10.7. The van der Waals surface area contributed by atoms with Crippen molar-refractivity contribution in [3.8, 4) is 17.2 Å². The molecule has 0 aliphatic rings. The van der Waals surface area contributed by atoms with E-state index in [1.165, 1.54) is 44.1 Å². The van der Waals surface area contributed by atoms with Crippen molar-refractivity contribution in [1.82, 2.24) is 5.32 Å². The average Bonchev–Trinajstić information content (AvgIpc) is 2.91. The molecule has 5 heteroatoms. The molecule has 37 heavy (non-hydrogen) atoms. The van der Waals surface area contributed by atoms with Gasteiger partial charge in [-0.05, 0) is 90.0 Å². The van der Waals surface area contributed by atoms with Gasteiger partial charge in [-0.2, -0.15) is 0 Å². The molecule has 0 amide bonds. The molecular formula is C32H42N2O3. The van der Waals surface area contributed by atoms with Crippen LogP contribution in [0.4, 0.5) is 0 Å². The highest BCUT2D eigenvalue weighted by Crippen LogP contribution is 2.37. The van der Waals surface area contributed by atoms with E-state index in [4.69, 9.17) is 5.73 Å². The van der Waals surface area contributed by atoms with Crippen molar-refractivity contribution in [1.29, 1.82) is 0 Å². The van der Waals surface area contributed by atoms with Crippen molar-refractivity contribution >= 4 is 11.1 Å². The monoisotopic (exact) mass is 502 g/mol. The summed E-state index contributed by atoms with van der Waals surface area (Å²) in [6.45, 7) is 2.67. The number of benzene rings is 3. The Bertz CT molecular complexity index is 1030. The van der Waals surface area contributed by atoms with Crippen LogP contribution in [0.2, 0.25) is 0 Å². The van der Waals surface area contributed by atoms with Gasteiger partial charge < -0.3 is 26.4 Å². The van der Waals surface area contributed by atoms with Gasteiger partial charge in [-0.15, -0.1) is 0 Å². The average molecular weight is 503 g/mol. The maximum absolute atomic E-state index is 9.88. The lowest BCUT2D eigenvalue weighted by Crippen LogP contribution is -2.23. The van der Waals surface area contributed by atoms with Gasteiger partial charge in [0.05, 0.1) is 0 Å². The quantitative estimate of drug-likeness (QED) is 0.109. The molecular weight excluding hydrogens is 460 g/mol. The second-order valence-corrected chi connectivity index (χ2v) is 9.61. The Morgan fingerprint density at radius 2 is 0.919 bits per heavy atom. The van der Waals surface area contributed by atoms with Crippen molar-refractivity contribution in [2.24, 2.45) is 5.73 Å². The number of phenolic OH excluding ortho intramolecular Hbond substituents is 3. The van der Waals surface area contributed by atoms with Crippen LogP contribution in [-0.2, 0) is 0 Å². The number of phenols is 3. The summed E-state index contributed by atoms with van der Waals surface area (Å²) < 4.78 is 0. The van der Waals surface area contributed by atoms with Crippen LogP contribution in [0.3, 0.4) is 0 Å². The fourth-order valence-electron chi connectivity index (χ4n) is 4.69. The molecule has 198 valence electrons. The largest absolute Gasteiger partial charge is 0.508 e. The summed E-state index contributed by atoms with van der Waals surface area (Å²) >= 11 is 0. The molecule has 3 aromatic rings. The lowest BCUT2D eigenvalue weighted by atomic mass is 9.86. The first-order valence-corrected chi connectivity index (χ1v) is 13.6. The van der Waals surface area contributed by atoms with E-state index in [9.17, 15) is 15.3 Å². The number of aromatic hydroxyl groups is 3. The Morgan fingerprint density at radius 3 is 1.38 bits per heavy atom. The van der Waals surface area contributed by atoms with Crippen LogP contribution < -0.4 is 11.1 Å². The fourth-order valence-corrected chi connectivity index (χ4v) is 4.69. The van der Waals surface area contributed by atoms with E-state index < -0.39 is 0 Å². The lowest BCUT2D eigenvalue weighted by Gasteiger charge is -2.18. The number of nitrogens with two attached hydrogens (primary N) is 1. The van der Waals surface area contributed by atoms with Crippen LogP contribution in [0.15, 0.2) is 72.8 Å². The summed E-state index contributed by atoms with van der Waals surface area (Å²) in [6, 6.07) is 22.0. The van der Waals surface area contributed by atoms with Gasteiger partial charge in [0.2, 0.25) is 0 Å². The number of allylic oxidation sites excluding steroid dienone is 1. The van der Waals surface area contributed by atoms with Gasteiger partial charge in [-0.3, -0.25) is 0 Å². The van der Waals surface area contributed by atoms with Crippen LogP contribution in [0.25, 0.3) is 11.1 Å². The third-order valence-electron chi connectivity index (χ3n) is 6.68. The van der Waals surface area contributed by atoms with E-state index in [1.54, 1.807) is 36.4 Å². The fraction of sp³-hybridized carbons (Fsp3) is 0.375. The molecule has 0 saturated heterocycles. The molecule has 0 unspecified atom stereocenters. The van der Waals surface area contributed by atoms with Gasteiger partial charge in [0.15, 0.2) is 0 Å². The Morgan fingerprint density at radius 1 is 0.514 bits per heavy atom. The first-order valence-electron chi connectivity index (χ1n) is 13.6. The van der Waals surface area contributed by atoms with Crippen LogP contribution in [0.5, 0.6) is 17.2 Å². The Hall–Kier alpha value is -3.28. The van der Waals surface area contributed by atoms with E-state index in [-0.39, 0.29) is 17.2 Å². The van der Waals surface area contributed by atoms with Crippen molar-refractivity contribution in [3.63, 3.8) is 0 Å². The maximum atomic E-state index is 9.88. The molecule has 5 nitrogen and oxygen atoms in total. The highest BCUT2D eigenvalue weighted by Gasteiger charge is 2.15. The minimum absolute atomic E-state index is 0.229. The number of unbranched alkanes of at least 4 members (excludes halogenated alkanes) is 7. The van der Waals surface area contributed by atoms with Crippen LogP contribution >= 0.6 is 0 Å². The molecule has 3 rings (SSSR count). The number of nitrogens with one attached hydrogen (secondary N) is 1. The normalized spacial score (nSPS) is 10.9. The summed E-state index contributed by atoms with van der Waals surface area (Å²) in [7, 11) is 0. The lowest BCUT2D eigenvalue weighted by molar-refractivity contribution is 0.474. The SMILES string of the molecule is NCCNCCCCCCCCCCC(=C(c1ccc(O)cc1)c1ccc(O)cc1)c1ccc(O)cc1. The van der Waals surface area contributed by atoms with Gasteiger partial charge in [-0.25, -0.2) is 0 Å². The summed E-state index contributed by atoms with van der Waals surface area (Å²) in [4.78, 5) is 0. The predicted octanol–water partition coefficient (Wildman–Crippen LogP) is 6.82. The highest BCUT2D eigenvalue weighted by atomic mass is 16.3. The number of hydrogen-bond donors (Lipinski definition) is 5. The van der Waals surface area contributed by atoms with Crippen molar-refractivity contribution in [3.05, 3.63) is 89.5 Å². The summed E-state index contributed by atoms with van der Waals surface area (Å²) in [5, 5.41) is 33.0. The zero-order valence-corrected chi connectivity index (χ0v) is 21.8.